The molecule has 0 unspecified atom stereocenters. The number of hydrogen-bond donors (Lipinski definition) is 1. The van der Waals surface area contributed by atoms with E-state index in [0.29, 0.717) is 30.4 Å². The first kappa shape index (κ1) is 21.8. The summed E-state index contributed by atoms with van der Waals surface area (Å²) in [5, 5.41) is 7.63. The Bertz CT molecular complexity index is 797. The first-order valence-corrected chi connectivity index (χ1v) is 9.86. The molecule has 2 aromatic rings. The van der Waals surface area contributed by atoms with Crippen LogP contribution in [0.2, 0.25) is 0 Å². The number of benzene rings is 1. The van der Waals surface area contributed by atoms with E-state index < -0.39 is 0 Å². The number of nitrogens with zero attached hydrogens (tertiary/aromatic N) is 2. The first-order chi connectivity index (χ1) is 13.3. The van der Waals surface area contributed by atoms with Crippen molar-refractivity contribution in [1.29, 1.82) is 0 Å². The van der Waals surface area contributed by atoms with Crippen LogP contribution in [0.5, 0.6) is 11.5 Å². The Kier molecular flexibility index (Phi) is 7.91. The van der Waals surface area contributed by atoms with Gasteiger partial charge in [-0.15, -0.1) is 0 Å². The molecule has 154 valence electrons. The Balaban J connectivity index is 1.83. The molecule has 0 radical (unpaired) electrons. The van der Waals surface area contributed by atoms with E-state index in [1.54, 1.807) is 14.2 Å². The number of carbonyl (C=O) groups excluding carboxylic acids is 1. The zero-order valence-electron chi connectivity index (χ0n) is 18.0. The van der Waals surface area contributed by atoms with Crippen LogP contribution in [-0.2, 0) is 24.2 Å². The van der Waals surface area contributed by atoms with Gasteiger partial charge in [0.1, 0.15) is 0 Å². The molecule has 6 nitrogen and oxygen atoms in total. The van der Waals surface area contributed by atoms with Crippen molar-refractivity contribution in [2.75, 3.05) is 20.8 Å². The molecule has 0 aliphatic carbocycles. The molecule has 0 saturated carbocycles. The standard InChI is InChI=1S/C22H33N3O3/c1-15(2)14-25-17(4)19(16(3)24-25)8-10-22(26)23-12-11-18-7-9-20(27-5)21(13-18)28-6/h7,9,13,15H,8,10-12,14H2,1-6H3,(H,23,26). The molecule has 2 rings (SSSR count). The van der Waals surface area contributed by atoms with E-state index in [2.05, 4.69) is 35.9 Å². The molecule has 0 aliphatic rings. The van der Waals surface area contributed by atoms with Gasteiger partial charge in [-0.1, -0.05) is 19.9 Å². The molecule has 1 aromatic carbocycles. The lowest BCUT2D eigenvalue weighted by Gasteiger charge is -2.10. The summed E-state index contributed by atoms with van der Waals surface area (Å²) in [6, 6.07) is 5.82. The highest BCUT2D eigenvalue weighted by Gasteiger charge is 2.14. The summed E-state index contributed by atoms with van der Waals surface area (Å²) in [5.41, 5.74) is 4.48. The van der Waals surface area contributed by atoms with Crippen molar-refractivity contribution < 1.29 is 14.3 Å². The quantitative estimate of drug-likeness (QED) is 0.678. The van der Waals surface area contributed by atoms with Gasteiger partial charge < -0.3 is 14.8 Å². The van der Waals surface area contributed by atoms with Gasteiger partial charge in [-0.25, -0.2) is 0 Å². The summed E-state index contributed by atoms with van der Waals surface area (Å²) in [6.45, 7) is 9.98. The van der Waals surface area contributed by atoms with Gasteiger partial charge in [0.05, 0.1) is 19.9 Å². The molecule has 1 N–H and O–H groups in total. The smallest absolute Gasteiger partial charge is 0.220 e. The van der Waals surface area contributed by atoms with Gasteiger partial charge >= 0.3 is 0 Å². The van der Waals surface area contributed by atoms with Crippen LogP contribution in [0.1, 0.15) is 42.8 Å². The van der Waals surface area contributed by atoms with Crippen LogP contribution in [0.3, 0.4) is 0 Å². The van der Waals surface area contributed by atoms with Gasteiger partial charge in [0.2, 0.25) is 5.91 Å². The highest BCUT2D eigenvalue weighted by molar-refractivity contribution is 5.76. The van der Waals surface area contributed by atoms with Crippen LogP contribution >= 0.6 is 0 Å². The van der Waals surface area contributed by atoms with Gasteiger partial charge in [-0.3, -0.25) is 9.48 Å². The number of hydrogen-bond acceptors (Lipinski definition) is 4. The molecule has 28 heavy (non-hydrogen) atoms. The third-order valence-electron chi connectivity index (χ3n) is 4.86. The normalized spacial score (nSPS) is 11.0. The SMILES string of the molecule is COc1ccc(CCNC(=O)CCc2c(C)nn(CC(C)C)c2C)cc1OC. The molecule has 0 aliphatic heterocycles. The van der Waals surface area contributed by atoms with Crippen molar-refractivity contribution in [1.82, 2.24) is 15.1 Å². The van der Waals surface area contributed by atoms with Gasteiger partial charge in [0, 0.05) is 25.2 Å². The van der Waals surface area contributed by atoms with Crippen LogP contribution in [0.4, 0.5) is 0 Å². The van der Waals surface area contributed by atoms with Crippen molar-refractivity contribution in [3.63, 3.8) is 0 Å². The Labute approximate surface area is 168 Å². The molecular weight excluding hydrogens is 354 g/mol. The van der Waals surface area contributed by atoms with Gasteiger partial charge in [-0.05, 0) is 55.9 Å². The van der Waals surface area contributed by atoms with Crippen LogP contribution in [0, 0.1) is 19.8 Å². The fraction of sp³-hybridized carbons (Fsp3) is 0.545. The Morgan fingerprint density at radius 3 is 2.50 bits per heavy atom. The summed E-state index contributed by atoms with van der Waals surface area (Å²) in [6.07, 6.45) is 1.94. The maximum Gasteiger partial charge on any atom is 0.220 e. The highest BCUT2D eigenvalue weighted by atomic mass is 16.5. The maximum absolute atomic E-state index is 12.3. The second kappa shape index (κ2) is 10.2. The van der Waals surface area contributed by atoms with E-state index in [9.17, 15) is 4.79 Å². The van der Waals surface area contributed by atoms with Crippen LogP contribution in [0.15, 0.2) is 18.2 Å². The van der Waals surface area contributed by atoms with Crippen LogP contribution < -0.4 is 14.8 Å². The Morgan fingerprint density at radius 2 is 1.86 bits per heavy atom. The van der Waals surface area contributed by atoms with E-state index in [-0.39, 0.29) is 5.91 Å². The third-order valence-corrected chi connectivity index (χ3v) is 4.86. The molecule has 0 fully saturated rings. The Morgan fingerprint density at radius 1 is 1.14 bits per heavy atom. The van der Waals surface area contributed by atoms with Gasteiger partial charge in [0.25, 0.3) is 0 Å². The van der Waals surface area contributed by atoms with Gasteiger partial charge in [-0.2, -0.15) is 5.10 Å². The second-order valence-corrected chi connectivity index (χ2v) is 7.51. The maximum atomic E-state index is 12.3. The Hall–Kier alpha value is -2.50. The zero-order chi connectivity index (χ0) is 20.7. The molecule has 0 atom stereocenters. The summed E-state index contributed by atoms with van der Waals surface area (Å²) in [7, 11) is 3.24. The number of carbonyl (C=O) groups is 1. The molecule has 6 heteroatoms. The van der Waals surface area contributed by atoms with E-state index in [1.165, 1.54) is 11.3 Å². The van der Waals surface area contributed by atoms with E-state index in [1.807, 2.05) is 25.1 Å². The number of amides is 1. The van der Waals surface area contributed by atoms with Crippen LogP contribution in [0.25, 0.3) is 0 Å². The first-order valence-electron chi connectivity index (χ1n) is 9.86. The van der Waals surface area contributed by atoms with E-state index in [4.69, 9.17) is 9.47 Å². The molecule has 1 amide bonds. The third kappa shape index (κ3) is 5.75. The topological polar surface area (TPSA) is 65.4 Å². The monoisotopic (exact) mass is 387 g/mol. The molecule has 1 aromatic heterocycles. The lowest BCUT2D eigenvalue weighted by atomic mass is 10.1. The molecule has 0 saturated heterocycles. The number of methoxy groups -OCH3 is 2. The summed E-state index contributed by atoms with van der Waals surface area (Å²) in [5.74, 6) is 2.02. The molecule has 1 heterocycles. The zero-order valence-corrected chi connectivity index (χ0v) is 18.0. The number of rotatable bonds is 10. The number of ether oxygens (including phenoxy) is 2. The van der Waals surface area contributed by atoms with E-state index in [0.717, 1.165) is 30.6 Å². The van der Waals surface area contributed by atoms with Crippen LogP contribution in [-0.4, -0.2) is 36.5 Å². The number of nitrogens with one attached hydrogen (secondary N) is 1. The summed E-state index contributed by atoms with van der Waals surface area (Å²) in [4.78, 5) is 12.3. The predicted molar refractivity (Wildman–Crippen MR) is 111 cm³/mol. The van der Waals surface area contributed by atoms with E-state index >= 15 is 0 Å². The fourth-order valence-electron chi connectivity index (χ4n) is 3.33. The number of aromatic nitrogens is 2. The largest absolute Gasteiger partial charge is 0.493 e. The minimum absolute atomic E-state index is 0.0656. The predicted octanol–water partition coefficient (Wildman–Crippen LogP) is 3.46. The summed E-state index contributed by atoms with van der Waals surface area (Å²) < 4.78 is 12.6. The lowest BCUT2D eigenvalue weighted by molar-refractivity contribution is -0.121. The van der Waals surface area contributed by atoms with Crippen molar-refractivity contribution in [2.24, 2.45) is 5.92 Å². The summed E-state index contributed by atoms with van der Waals surface area (Å²) >= 11 is 0. The second-order valence-electron chi connectivity index (χ2n) is 7.51. The van der Waals surface area contributed by atoms with Crippen molar-refractivity contribution in [2.45, 2.75) is 53.5 Å². The lowest BCUT2D eigenvalue weighted by Crippen LogP contribution is -2.26. The van der Waals surface area contributed by atoms with Crippen molar-refractivity contribution >= 4 is 5.91 Å². The number of aryl methyl sites for hydroxylation is 1. The van der Waals surface area contributed by atoms with Gasteiger partial charge in [0.15, 0.2) is 11.5 Å². The molecular formula is C22H33N3O3. The minimum Gasteiger partial charge on any atom is -0.493 e. The minimum atomic E-state index is 0.0656. The molecule has 0 bridgehead atoms. The van der Waals surface area contributed by atoms with Crippen molar-refractivity contribution in [3.05, 3.63) is 40.7 Å². The average Bonchev–Trinajstić information content (AvgIpc) is 2.92. The molecule has 0 spiro atoms. The van der Waals surface area contributed by atoms with Crippen molar-refractivity contribution in [3.8, 4) is 11.5 Å². The average molecular weight is 388 g/mol. The highest BCUT2D eigenvalue weighted by Crippen LogP contribution is 2.27. The fourth-order valence-corrected chi connectivity index (χ4v) is 3.33.